The van der Waals surface area contributed by atoms with E-state index < -0.39 is 16.1 Å². The average molecular weight is 419 g/mol. The van der Waals surface area contributed by atoms with Crippen LogP contribution >= 0.6 is 11.8 Å². The topological polar surface area (TPSA) is 66.5 Å². The Morgan fingerprint density at radius 1 is 1.11 bits per heavy atom. The van der Waals surface area contributed by atoms with Gasteiger partial charge in [-0.25, -0.2) is 8.42 Å². The van der Waals surface area contributed by atoms with Crippen LogP contribution in [0.5, 0.6) is 0 Å². The summed E-state index contributed by atoms with van der Waals surface area (Å²) >= 11 is 1.75. The summed E-state index contributed by atoms with van der Waals surface area (Å²) in [6.07, 6.45) is 0.415. The van der Waals surface area contributed by atoms with Crippen molar-refractivity contribution in [2.24, 2.45) is 0 Å². The number of fused-ring (bicyclic) bond motifs is 1. The Labute approximate surface area is 171 Å². The molecule has 0 unspecified atom stereocenters. The molecule has 2 aromatic carbocycles. The zero-order valence-corrected chi connectivity index (χ0v) is 17.6. The molecule has 1 amide bonds. The van der Waals surface area contributed by atoms with Crippen molar-refractivity contribution in [3.05, 3.63) is 71.3 Å². The molecule has 7 heteroatoms. The van der Waals surface area contributed by atoms with Gasteiger partial charge in [0.05, 0.1) is 5.75 Å². The number of nitrogens with one attached hydrogen (secondary N) is 1. The van der Waals surface area contributed by atoms with Gasteiger partial charge >= 0.3 is 0 Å². The second-order valence-electron chi connectivity index (χ2n) is 6.76. The quantitative estimate of drug-likeness (QED) is 0.670. The number of thioether (sulfide) groups is 1. The molecule has 0 fully saturated rings. The van der Waals surface area contributed by atoms with Gasteiger partial charge in [0.15, 0.2) is 0 Å². The van der Waals surface area contributed by atoms with Crippen LogP contribution in [0.2, 0.25) is 0 Å². The molecule has 0 radical (unpaired) electrons. The van der Waals surface area contributed by atoms with E-state index in [0.717, 1.165) is 22.6 Å². The Morgan fingerprint density at radius 3 is 2.50 bits per heavy atom. The van der Waals surface area contributed by atoms with E-state index in [-0.39, 0.29) is 18.2 Å². The van der Waals surface area contributed by atoms with E-state index in [1.54, 1.807) is 18.7 Å². The molecule has 28 heavy (non-hydrogen) atoms. The highest BCUT2D eigenvalue weighted by Gasteiger charge is 2.37. The van der Waals surface area contributed by atoms with Gasteiger partial charge in [-0.3, -0.25) is 4.79 Å². The maximum Gasteiger partial charge on any atom is 0.238 e. The minimum absolute atomic E-state index is 0.00806. The zero-order valence-electron chi connectivity index (χ0n) is 16.0. The lowest BCUT2D eigenvalue weighted by Crippen LogP contribution is -2.53. The van der Waals surface area contributed by atoms with Gasteiger partial charge in [-0.05, 0) is 30.0 Å². The van der Waals surface area contributed by atoms with Crippen LogP contribution < -0.4 is 5.32 Å². The molecule has 2 aromatic rings. The third-order valence-electron chi connectivity index (χ3n) is 4.89. The van der Waals surface area contributed by atoms with E-state index in [9.17, 15) is 13.2 Å². The van der Waals surface area contributed by atoms with Gasteiger partial charge in [-0.1, -0.05) is 54.6 Å². The smallest absolute Gasteiger partial charge is 0.238 e. The van der Waals surface area contributed by atoms with Gasteiger partial charge in [-0.2, -0.15) is 16.1 Å². The fourth-order valence-electron chi connectivity index (χ4n) is 3.31. The molecule has 0 bridgehead atoms. The highest BCUT2D eigenvalue weighted by molar-refractivity contribution is 7.98. The SMILES string of the molecule is CCS(=O)(=O)N1Cc2ccccc2C[C@H]1C(=O)NCCSCc1ccccc1. The van der Waals surface area contributed by atoms with E-state index in [1.807, 2.05) is 42.5 Å². The van der Waals surface area contributed by atoms with Crippen molar-refractivity contribution in [2.45, 2.75) is 31.7 Å². The summed E-state index contributed by atoms with van der Waals surface area (Å²) in [5.74, 6) is 1.45. The Bertz CT molecular complexity index is 901. The summed E-state index contributed by atoms with van der Waals surface area (Å²) in [6.45, 7) is 2.40. The lowest BCUT2D eigenvalue weighted by molar-refractivity contribution is -0.125. The first-order valence-corrected chi connectivity index (χ1v) is 12.2. The number of amides is 1. The number of carbonyl (C=O) groups excluding carboxylic acids is 1. The molecule has 3 rings (SSSR count). The predicted octanol–water partition coefficient (Wildman–Crippen LogP) is 2.81. The predicted molar refractivity (Wildman–Crippen MR) is 115 cm³/mol. The van der Waals surface area contributed by atoms with Gasteiger partial charge in [0, 0.05) is 24.6 Å². The summed E-state index contributed by atoms with van der Waals surface area (Å²) in [7, 11) is -3.46. The number of benzene rings is 2. The second-order valence-corrected chi connectivity index (χ2v) is 10.1. The maximum absolute atomic E-state index is 12.8. The number of rotatable bonds is 8. The lowest BCUT2D eigenvalue weighted by Gasteiger charge is -2.34. The largest absolute Gasteiger partial charge is 0.354 e. The monoisotopic (exact) mass is 418 g/mol. The fourth-order valence-corrected chi connectivity index (χ4v) is 5.35. The van der Waals surface area contributed by atoms with E-state index >= 15 is 0 Å². The third-order valence-corrected chi connectivity index (χ3v) is 7.75. The number of carbonyl (C=O) groups is 1. The number of hydrogen-bond acceptors (Lipinski definition) is 4. The van der Waals surface area contributed by atoms with Crippen LogP contribution in [0, 0.1) is 0 Å². The first-order chi connectivity index (χ1) is 13.5. The van der Waals surface area contributed by atoms with Gasteiger partial charge < -0.3 is 5.32 Å². The normalized spacial score (nSPS) is 17.1. The third kappa shape index (κ3) is 5.16. The van der Waals surface area contributed by atoms with Gasteiger partial charge in [0.1, 0.15) is 6.04 Å². The standard InChI is InChI=1S/C21H26N2O3S2/c1-2-28(25,26)23-15-19-11-7-6-10-18(19)14-20(23)21(24)22-12-13-27-16-17-8-4-3-5-9-17/h3-11,20H,2,12-16H2,1H3,(H,22,24)/t20-/m0/s1. The van der Waals surface area contributed by atoms with Crippen molar-refractivity contribution in [1.82, 2.24) is 9.62 Å². The summed E-state index contributed by atoms with van der Waals surface area (Å²) in [6, 6.07) is 17.2. The molecule has 0 aliphatic carbocycles. The number of nitrogens with zero attached hydrogens (tertiary/aromatic N) is 1. The first kappa shape index (κ1) is 20.9. The van der Waals surface area contributed by atoms with Gasteiger partial charge in [0.25, 0.3) is 0 Å². The fraction of sp³-hybridized carbons (Fsp3) is 0.381. The molecule has 1 N–H and O–H groups in total. The van der Waals surface area contributed by atoms with Crippen LogP contribution in [0.15, 0.2) is 54.6 Å². The van der Waals surface area contributed by atoms with Crippen molar-refractivity contribution in [3.8, 4) is 0 Å². The zero-order chi connectivity index (χ0) is 20.0. The van der Waals surface area contributed by atoms with Crippen molar-refractivity contribution >= 4 is 27.7 Å². The Kier molecular flexibility index (Phi) is 7.15. The van der Waals surface area contributed by atoms with E-state index in [0.29, 0.717) is 13.0 Å². The molecule has 1 heterocycles. The summed E-state index contributed by atoms with van der Waals surface area (Å²) in [5, 5.41) is 2.93. The molecule has 0 saturated heterocycles. The summed E-state index contributed by atoms with van der Waals surface area (Å²) in [4.78, 5) is 12.8. The minimum Gasteiger partial charge on any atom is -0.354 e. The maximum atomic E-state index is 12.8. The second kappa shape index (κ2) is 9.58. The Morgan fingerprint density at radius 2 is 1.79 bits per heavy atom. The van der Waals surface area contributed by atoms with E-state index in [2.05, 4.69) is 17.4 Å². The molecular weight excluding hydrogens is 392 g/mol. The Hall–Kier alpha value is -1.83. The van der Waals surface area contributed by atoms with Gasteiger partial charge in [0.2, 0.25) is 15.9 Å². The van der Waals surface area contributed by atoms with E-state index in [1.165, 1.54) is 9.87 Å². The van der Waals surface area contributed by atoms with Crippen molar-refractivity contribution in [2.75, 3.05) is 18.1 Å². The Balaban J connectivity index is 1.58. The van der Waals surface area contributed by atoms with Crippen LogP contribution in [0.3, 0.4) is 0 Å². The minimum atomic E-state index is -3.46. The lowest BCUT2D eigenvalue weighted by atomic mass is 9.95. The molecule has 1 aliphatic rings. The van der Waals surface area contributed by atoms with Crippen LogP contribution in [0.25, 0.3) is 0 Å². The molecule has 5 nitrogen and oxygen atoms in total. The van der Waals surface area contributed by atoms with Crippen LogP contribution in [0.4, 0.5) is 0 Å². The van der Waals surface area contributed by atoms with Crippen LogP contribution in [-0.2, 0) is 33.5 Å². The van der Waals surface area contributed by atoms with Crippen LogP contribution in [-0.4, -0.2) is 42.7 Å². The first-order valence-electron chi connectivity index (χ1n) is 9.47. The highest BCUT2D eigenvalue weighted by Crippen LogP contribution is 2.26. The summed E-state index contributed by atoms with van der Waals surface area (Å²) in [5.41, 5.74) is 3.27. The van der Waals surface area contributed by atoms with Crippen LogP contribution in [0.1, 0.15) is 23.6 Å². The number of hydrogen-bond donors (Lipinski definition) is 1. The van der Waals surface area contributed by atoms with Crippen molar-refractivity contribution < 1.29 is 13.2 Å². The molecule has 150 valence electrons. The highest BCUT2D eigenvalue weighted by atomic mass is 32.2. The number of sulfonamides is 1. The molecule has 0 spiro atoms. The summed E-state index contributed by atoms with van der Waals surface area (Å²) < 4.78 is 26.5. The molecular formula is C21H26N2O3S2. The average Bonchev–Trinajstić information content (AvgIpc) is 2.73. The molecule has 1 aliphatic heterocycles. The van der Waals surface area contributed by atoms with Gasteiger partial charge in [-0.15, -0.1) is 0 Å². The van der Waals surface area contributed by atoms with Crippen molar-refractivity contribution in [1.29, 1.82) is 0 Å². The molecule has 1 atom stereocenters. The molecule has 0 saturated carbocycles. The molecule has 0 aromatic heterocycles. The van der Waals surface area contributed by atoms with E-state index in [4.69, 9.17) is 0 Å². The van der Waals surface area contributed by atoms with Crippen molar-refractivity contribution in [3.63, 3.8) is 0 Å².